The lowest BCUT2D eigenvalue weighted by Gasteiger charge is -2.09. The van der Waals surface area contributed by atoms with Gasteiger partial charge in [-0.25, -0.2) is 4.39 Å². The first-order valence-electron chi connectivity index (χ1n) is 26.0. The van der Waals surface area contributed by atoms with Gasteiger partial charge in [0.05, 0.1) is 0 Å². The molecule has 384 valence electrons. The second-order valence-corrected chi connectivity index (χ2v) is 19.4. The van der Waals surface area contributed by atoms with Gasteiger partial charge in [-0.05, 0) is 138 Å². The minimum absolute atomic E-state index is 0.0133. The van der Waals surface area contributed by atoms with Crippen molar-refractivity contribution in [3.63, 3.8) is 0 Å². The molecule has 14 rings (SSSR count). The predicted molar refractivity (Wildman–Crippen MR) is 306 cm³/mol. The van der Waals surface area contributed by atoms with Crippen LogP contribution in [0.3, 0.4) is 0 Å². The number of H-pyrrole nitrogens is 3. The van der Waals surface area contributed by atoms with Crippen molar-refractivity contribution in [1.29, 1.82) is 0 Å². The topological polar surface area (TPSA) is 173 Å². The second-order valence-electron chi connectivity index (χ2n) is 19.4. The van der Waals surface area contributed by atoms with Gasteiger partial charge < -0.3 is 41.0 Å². The number of benzene rings is 8. The van der Waals surface area contributed by atoms with Gasteiger partial charge in [0.25, 0.3) is 17.7 Å². The lowest BCUT2D eigenvalue weighted by atomic mass is 9.98. The largest absolute Gasteiger partial charge is 0.457 e. The molecule has 4 amide bonds. The Morgan fingerprint density at radius 3 is 1.36 bits per heavy atom. The van der Waals surface area contributed by atoms with Crippen molar-refractivity contribution < 1.29 is 28.3 Å². The maximum Gasteiger partial charge on any atom is 0.251 e. The first-order valence-corrected chi connectivity index (χ1v) is 26.0. The van der Waals surface area contributed by atoms with Crippen LogP contribution in [0.15, 0.2) is 182 Å². The van der Waals surface area contributed by atoms with E-state index in [0.29, 0.717) is 42.3 Å². The summed E-state index contributed by atoms with van der Waals surface area (Å²) in [6, 6.07) is 57.8. The van der Waals surface area contributed by atoms with Crippen LogP contribution in [0.4, 0.5) is 10.1 Å². The Hall–Kier alpha value is -10.0. The third-order valence-electron chi connectivity index (χ3n) is 14.4. The number of nitrogens with one attached hydrogen (secondary N) is 7. The molecule has 12 nitrogen and oxygen atoms in total. The van der Waals surface area contributed by atoms with E-state index in [-0.39, 0.29) is 29.4 Å². The van der Waals surface area contributed by atoms with Crippen LogP contribution in [0.2, 0.25) is 0 Å². The SMILES string of the molecule is CC(=O)Nc1cccc(-c2[nH]c3cccc4c3c2CCNC4=O)c1.O=C1NCCc2c(-c3ccc(-c4ccccc4)cc3)[nH]c3cccc1c23.O=C1NCCc2c(-c3cccc(Oc4ccc(F)cc4)c3)[nH]c3cccc1c23. The molecule has 3 aliphatic rings. The van der Waals surface area contributed by atoms with E-state index >= 15 is 0 Å². The van der Waals surface area contributed by atoms with Gasteiger partial charge in [-0.2, -0.15) is 0 Å². The summed E-state index contributed by atoms with van der Waals surface area (Å²) in [5.41, 5.74) is 18.0. The zero-order chi connectivity index (χ0) is 53.3. The quantitative estimate of drug-likeness (QED) is 0.0840. The van der Waals surface area contributed by atoms with Crippen LogP contribution in [0, 0.1) is 5.82 Å². The summed E-state index contributed by atoms with van der Waals surface area (Å²) in [5, 5.41) is 14.7. The maximum atomic E-state index is 13.1. The summed E-state index contributed by atoms with van der Waals surface area (Å²) in [6.45, 7) is 3.36. The van der Waals surface area contributed by atoms with Crippen LogP contribution in [0.5, 0.6) is 11.5 Å². The van der Waals surface area contributed by atoms with Crippen molar-refractivity contribution in [2.45, 2.75) is 26.2 Å². The average molecular weight is 1030 g/mol. The minimum Gasteiger partial charge on any atom is -0.457 e. The highest BCUT2D eigenvalue weighted by Gasteiger charge is 2.25. The number of halogens is 1. The van der Waals surface area contributed by atoms with Crippen molar-refractivity contribution in [3.05, 3.63) is 221 Å². The number of carbonyl (C=O) groups is 4. The molecule has 7 N–H and O–H groups in total. The molecule has 0 bridgehead atoms. The molecule has 0 aliphatic carbocycles. The number of aromatic amines is 3. The molecule has 0 atom stereocenters. The van der Waals surface area contributed by atoms with Gasteiger partial charge in [-0.3, -0.25) is 19.2 Å². The lowest BCUT2D eigenvalue weighted by molar-refractivity contribution is -0.114. The molecule has 78 heavy (non-hydrogen) atoms. The van der Waals surface area contributed by atoms with Gasteiger partial charge in [0, 0.05) is 110 Å². The molecule has 13 heteroatoms. The molecular formula is C65H52FN7O5. The van der Waals surface area contributed by atoms with Gasteiger partial charge >= 0.3 is 0 Å². The number of ether oxygens (including phenoxy) is 1. The monoisotopic (exact) mass is 1030 g/mol. The van der Waals surface area contributed by atoms with E-state index in [1.807, 2.05) is 109 Å². The Kier molecular flexibility index (Phi) is 13.1. The van der Waals surface area contributed by atoms with Gasteiger partial charge in [0.15, 0.2) is 0 Å². The normalized spacial score (nSPS) is 13.4. The van der Waals surface area contributed by atoms with Crippen molar-refractivity contribution in [2.24, 2.45) is 0 Å². The van der Waals surface area contributed by atoms with Gasteiger partial charge in [-0.15, -0.1) is 0 Å². The van der Waals surface area contributed by atoms with Crippen molar-refractivity contribution >= 4 is 62.0 Å². The van der Waals surface area contributed by atoms with Crippen molar-refractivity contribution in [1.82, 2.24) is 30.9 Å². The Morgan fingerprint density at radius 2 is 0.859 bits per heavy atom. The third-order valence-corrected chi connectivity index (χ3v) is 14.4. The summed E-state index contributed by atoms with van der Waals surface area (Å²) in [4.78, 5) is 58.7. The first kappa shape index (κ1) is 48.9. The molecular weight excluding hydrogens is 978 g/mol. The standard InChI is InChI=1S/C23H17FN2O2.C23H18N2O.C19H17N3O2/c24-15-7-9-16(10-8-15)28-17-4-1-3-14(13-17)22-18-11-12-25-23(27)19-5-2-6-20(26-22)21(18)19;26-23-19-7-4-8-20-21(19)18(13-14-24-23)22(25-20)17-11-9-16(10-12-17)15-5-2-1-3-6-15;1-11(23)21-13-5-2-4-12(10-13)18-14-8-9-20-19(24)15-6-3-7-16(22-18)17(14)15/h1-10,13,26H,11-12H2,(H,25,27);1-12,25H,13-14H2,(H,24,26);2-7,10,22H,8-9H2,1H3,(H,20,24)(H,21,23). The summed E-state index contributed by atoms with van der Waals surface area (Å²) in [6.07, 6.45) is 2.35. The molecule has 11 aromatic rings. The zero-order valence-corrected chi connectivity index (χ0v) is 42.5. The molecule has 0 saturated carbocycles. The number of anilines is 1. The Bertz CT molecular complexity index is 4120. The van der Waals surface area contributed by atoms with Crippen LogP contribution in [0.1, 0.15) is 54.7 Å². The van der Waals surface area contributed by atoms with Gasteiger partial charge in [0.2, 0.25) is 5.91 Å². The van der Waals surface area contributed by atoms with Gasteiger partial charge in [-0.1, -0.05) is 97.1 Å². The zero-order valence-electron chi connectivity index (χ0n) is 42.5. The maximum absolute atomic E-state index is 13.1. The highest BCUT2D eigenvalue weighted by molar-refractivity contribution is 6.12. The van der Waals surface area contributed by atoms with E-state index < -0.39 is 0 Å². The predicted octanol–water partition coefficient (Wildman–Crippen LogP) is 12.9. The van der Waals surface area contributed by atoms with Crippen LogP contribution in [-0.2, 0) is 24.1 Å². The number of amides is 4. The summed E-state index contributed by atoms with van der Waals surface area (Å²) >= 11 is 0. The molecule has 8 aromatic carbocycles. The lowest BCUT2D eigenvalue weighted by Crippen LogP contribution is -2.23. The van der Waals surface area contributed by atoms with E-state index in [1.54, 1.807) is 12.1 Å². The third kappa shape index (κ3) is 9.65. The van der Waals surface area contributed by atoms with Crippen LogP contribution < -0.4 is 26.0 Å². The molecule has 0 saturated heterocycles. The molecule has 3 aromatic heterocycles. The first-order chi connectivity index (χ1) is 38.1. The van der Waals surface area contributed by atoms with Crippen molar-refractivity contribution in [2.75, 3.05) is 25.0 Å². The molecule has 6 heterocycles. The minimum atomic E-state index is -0.298. The molecule has 0 spiro atoms. The number of aromatic nitrogens is 3. The molecule has 0 radical (unpaired) electrons. The van der Waals surface area contributed by atoms with E-state index in [4.69, 9.17) is 4.74 Å². The smallest absolute Gasteiger partial charge is 0.251 e. The fraction of sp³-hybridized carbons (Fsp3) is 0.108. The number of hydrogen-bond donors (Lipinski definition) is 7. The highest BCUT2D eigenvalue weighted by Crippen LogP contribution is 2.39. The molecule has 0 fully saturated rings. The van der Waals surface area contributed by atoms with Crippen LogP contribution in [0.25, 0.3) is 77.6 Å². The van der Waals surface area contributed by atoms with Crippen LogP contribution in [-0.4, -0.2) is 58.2 Å². The highest BCUT2D eigenvalue weighted by atomic mass is 19.1. The van der Waals surface area contributed by atoms with E-state index in [1.165, 1.54) is 35.7 Å². The fourth-order valence-corrected chi connectivity index (χ4v) is 11.0. The Balaban J connectivity index is 0.000000118. The van der Waals surface area contributed by atoms with Crippen LogP contribution >= 0.6 is 0 Å². The van der Waals surface area contributed by atoms with E-state index in [9.17, 15) is 23.6 Å². The number of hydrogen-bond acceptors (Lipinski definition) is 5. The fourth-order valence-electron chi connectivity index (χ4n) is 11.0. The summed E-state index contributed by atoms with van der Waals surface area (Å²) < 4.78 is 19.0. The molecule has 0 unspecified atom stereocenters. The number of rotatable bonds is 7. The van der Waals surface area contributed by atoms with Gasteiger partial charge in [0.1, 0.15) is 17.3 Å². The second kappa shape index (κ2) is 21.0. The van der Waals surface area contributed by atoms with E-state index in [2.05, 4.69) is 84.8 Å². The Morgan fingerprint density at radius 1 is 0.436 bits per heavy atom. The number of carbonyl (C=O) groups excluding carboxylic acids is 4. The summed E-state index contributed by atoms with van der Waals surface area (Å²) in [5.74, 6) is 0.787. The van der Waals surface area contributed by atoms with Crippen molar-refractivity contribution in [3.8, 4) is 56.4 Å². The Labute approximate surface area is 448 Å². The summed E-state index contributed by atoms with van der Waals surface area (Å²) in [7, 11) is 0. The van der Waals surface area contributed by atoms with E-state index in [0.717, 1.165) is 108 Å². The average Bonchev–Trinajstić information content (AvgIpc) is 4.23. The molecule has 3 aliphatic heterocycles.